The molecule has 0 bridgehead atoms. The molecule has 5 nitrogen and oxygen atoms in total. The lowest BCUT2D eigenvalue weighted by molar-refractivity contribution is -0.122. The molecule has 1 aromatic heterocycles. The van der Waals surface area contributed by atoms with E-state index in [0.29, 0.717) is 13.1 Å². The normalized spacial score (nSPS) is 16.6. The standard InChI is InChI=1S/C15H24N4O/c1-2-13-5-3-7-17-14(13)11-18-15(20)12-19-9-4-6-16-8-10-19/h3,5,7,16H,2,4,6,8-12H2,1H3,(H,18,20). The lowest BCUT2D eigenvalue weighted by Crippen LogP contribution is -2.38. The first kappa shape index (κ1) is 14.9. The van der Waals surface area contributed by atoms with Crippen LogP contribution in [0.25, 0.3) is 0 Å². The second kappa shape index (κ2) is 7.97. The first-order valence-electron chi connectivity index (χ1n) is 7.42. The molecule has 0 radical (unpaired) electrons. The molecule has 0 aliphatic carbocycles. The average molecular weight is 276 g/mol. The summed E-state index contributed by atoms with van der Waals surface area (Å²) < 4.78 is 0. The quantitative estimate of drug-likeness (QED) is 0.825. The van der Waals surface area contributed by atoms with Gasteiger partial charge in [-0.3, -0.25) is 14.7 Å². The number of carbonyl (C=O) groups excluding carboxylic acids is 1. The molecule has 0 unspecified atom stereocenters. The van der Waals surface area contributed by atoms with Gasteiger partial charge in [-0.25, -0.2) is 0 Å². The summed E-state index contributed by atoms with van der Waals surface area (Å²) in [6.45, 7) is 7.05. The van der Waals surface area contributed by atoms with Crippen molar-refractivity contribution in [1.29, 1.82) is 0 Å². The van der Waals surface area contributed by atoms with Crippen LogP contribution in [0.4, 0.5) is 0 Å². The molecular weight excluding hydrogens is 252 g/mol. The second-order valence-corrected chi connectivity index (χ2v) is 5.12. The minimum atomic E-state index is 0.0830. The number of hydrogen-bond acceptors (Lipinski definition) is 4. The molecule has 110 valence electrons. The van der Waals surface area contributed by atoms with Crippen LogP contribution >= 0.6 is 0 Å². The van der Waals surface area contributed by atoms with Gasteiger partial charge in [0.05, 0.1) is 18.8 Å². The summed E-state index contributed by atoms with van der Waals surface area (Å²) in [6.07, 6.45) is 3.82. The van der Waals surface area contributed by atoms with E-state index >= 15 is 0 Å². The zero-order valence-electron chi connectivity index (χ0n) is 12.2. The van der Waals surface area contributed by atoms with Crippen molar-refractivity contribution in [1.82, 2.24) is 20.5 Å². The highest BCUT2D eigenvalue weighted by Gasteiger charge is 2.12. The molecule has 2 heterocycles. The summed E-state index contributed by atoms with van der Waals surface area (Å²) in [5, 5.41) is 6.32. The smallest absolute Gasteiger partial charge is 0.234 e. The molecule has 0 aromatic carbocycles. The van der Waals surface area contributed by atoms with Crippen molar-refractivity contribution >= 4 is 5.91 Å². The number of nitrogens with zero attached hydrogens (tertiary/aromatic N) is 2. The van der Waals surface area contributed by atoms with E-state index in [2.05, 4.69) is 33.5 Å². The molecule has 2 N–H and O–H groups in total. The highest BCUT2D eigenvalue weighted by atomic mass is 16.2. The number of hydrogen-bond donors (Lipinski definition) is 2. The second-order valence-electron chi connectivity index (χ2n) is 5.12. The first-order chi connectivity index (χ1) is 9.79. The van der Waals surface area contributed by atoms with E-state index in [0.717, 1.165) is 44.7 Å². The van der Waals surface area contributed by atoms with Crippen molar-refractivity contribution in [3.05, 3.63) is 29.6 Å². The summed E-state index contributed by atoms with van der Waals surface area (Å²) >= 11 is 0. The van der Waals surface area contributed by atoms with Crippen molar-refractivity contribution in [2.45, 2.75) is 26.3 Å². The van der Waals surface area contributed by atoms with Crippen molar-refractivity contribution in [3.63, 3.8) is 0 Å². The van der Waals surface area contributed by atoms with Gasteiger partial charge in [-0.15, -0.1) is 0 Å². The van der Waals surface area contributed by atoms with Crippen LogP contribution in [0.1, 0.15) is 24.6 Å². The predicted molar refractivity (Wildman–Crippen MR) is 79.4 cm³/mol. The summed E-state index contributed by atoms with van der Waals surface area (Å²) in [7, 11) is 0. The Kier molecular flexibility index (Phi) is 5.95. The van der Waals surface area contributed by atoms with E-state index in [1.807, 2.05) is 6.07 Å². The maximum Gasteiger partial charge on any atom is 0.234 e. The van der Waals surface area contributed by atoms with Crippen molar-refractivity contribution < 1.29 is 4.79 Å². The molecule has 1 aliphatic heterocycles. The molecule has 2 rings (SSSR count). The Morgan fingerprint density at radius 1 is 1.45 bits per heavy atom. The largest absolute Gasteiger partial charge is 0.349 e. The third-order valence-corrected chi connectivity index (χ3v) is 3.62. The van der Waals surface area contributed by atoms with E-state index in [-0.39, 0.29) is 5.91 Å². The van der Waals surface area contributed by atoms with Gasteiger partial charge in [0, 0.05) is 19.3 Å². The lowest BCUT2D eigenvalue weighted by Gasteiger charge is -2.18. The molecule has 1 aliphatic rings. The van der Waals surface area contributed by atoms with E-state index in [1.165, 1.54) is 5.56 Å². The number of pyridine rings is 1. The van der Waals surface area contributed by atoms with Crippen molar-refractivity contribution in [2.24, 2.45) is 0 Å². The molecule has 1 amide bonds. The Labute approximate surface area is 120 Å². The van der Waals surface area contributed by atoms with E-state index in [4.69, 9.17) is 0 Å². The van der Waals surface area contributed by atoms with E-state index < -0.39 is 0 Å². The minimum Gasteiger partial charge on any atom is -0.349 e. The van der Waals surface area contributed by atoms with Crippen LogP contribution in [0.2, 0.25) is 0 Å². The fraction of sp³-hybridized carbons (Fsp3) is 0.600. The van der Waals surface area contributed by atoms with Crippen LogP contribution in [0.3, 0.4) is 0 Å². The van der Waals surface area contributed by atoms with Crippen LogP contribution in [0.15, 0.2) is 18.3 Å². The van der Waals surface area contributed by atoms with Gasteiger partial charge in [-0.05, 0) is 37.6 Å². The number of aryl methyl sites for hydroxylation is 1. The Balaban J connectivity index is 1.79. The Morgan fingerprint density at radius 3 is 3.20 bits per heavy atom. The van der Waals surface area contributed by atoms with Crippen molar-refractivity contribution in [2.75, 3.05) is 32.7 Å². The molecule has 0 spiro atoms. The minimum absolute atomic E-state index is 0.0830. The summed E-state index contributed by atoms with van der Waals surface area (Å²) in [6, 6.07) is 4.00. The number of rotatable bonds is 5. The molecule has 1 saturated heterocycles. The van der Waals surface area contributed by atoms with Gasteiger partial charge in [0.25, 0.3) is 0 Å². The van der Waals surface area contributed by atoms with Crippen LogP contribution in [-0.4, -0.2) is 48.5 Å². The third-order valence-electron chi connectivity index (χ3n) is 3.62. The van der Waals surface area contributed by atoms with Gasteiger partial charge < -0.3 is 10.6 Å². The maximum atomic E-state index is 12.0. The molecule has 1 fully saturated rings. The Bertz CT molecular complexity index is 428. The molecule has 0 atom stereocenters. The summed E-state index contributed by atoms with van der Waals surface area (Å²) in [5.74, 6) is 0.0830. The molecular formula is C15H24N4O. The van der Waals surface area contributed by atoms with Gasteiger partial charge in [0.15, 0.2) is 0 Å². The number of aromatic nitrogens is 1. The summed E-state index contributed by atoms with van der Waals surface area (Å²) in [4.78, 5) is 18.5. The van der Waals surface area contributed by atoms with E-state index in [9.17, 15) is 4.79 Å². The monoisotopic (exact) mass is 276 g/mol. The van der Waals surface area contributed by atoms with Gasteiger partial charge in [-0.1, -0.05) is 13.0 Å². The molecule has 5 heteroatoms. The SMILES string of the molecule is CCc1cccnc1CNC(=O)CN1CCCNCC1. The number of carbonyl (C=O) groups is 1. The van der Waals surface area contributed by atoms with Gasteiger partial charge in [-0.2, -0.15) is 0 Å². The first-order valence-corrected chi connectivity index (χ1v) is 7.42. The lowest BCUT2D eigenvalue weighted by atomic mass is 10.1. The van der Waals surface area contributed by atoms with Crippen LogP contribution in [0, 0.1) is 0 Å². The zero-order valence-corrected chi connectivity index (χ0v) is 12.2. The van der Waals surface area contributed by atoms with E-state index in [1.54, 1.807) is 6.20 Å². The average Bonchev–Trinajstić information content (AvgIpc) is 2.74. The van der Waals surface area contributed by atoms with Crippen LogP contribution in [-0.2, 0) is 17.8 Å². The summed E-state index contributed by atoms with van der Waals surface area (Å²) in [5.41, 5.74) is 2.17. The Morgan fingerprint density at radius 2 is 2.35 bits per heavy atom. The van der Waals surface area contributed by atoms with Gasteiger partial charge in [0.1, 0.15) is 0 Å². The Hall–Kier alpha value is -1.46. The molecule has 1 aromatic rings. The van der Waals surface area contributed by atoms with Crippen LogP contribution in [0.5, 0.6) is 0 Å². The molecule has 0 saturated carbocycles. The highest BCUT2D eigenvalue weighted by Crippen LogP contribution is 2.05. The van der Waals surface area contributed by atoms with Gasteiger partial charge >= 0.3 is 0 Å². The topological polar surface area (TPSA) is 57.3 Å². The molecule has 20 heavy (non-hydrogen) atoms. The third kappa shape index (κ3) is 4.58. The predicted octanol–water partition coefficient (Wildman–Crippen LogP) is 0.556. The zero-order chi connectivity index (χ0) is 14.2. The van der Waals surface area contributed by atoms with Crippen molar-refractivity contribution in [3.8, 4) is 0 Å². The van der Waals surface area contributed by atoms with Crippen LogP contribution < -0.4 is 10.6 Å². The maximum absolute atomic E-state index is 12.0. The highest BCUT2D eigenvalue weighted by molar-refractivity contribution is 5.78. The fourth-order valence-electron chi connectivity index (χ4n) is 2.45. The number of nitrogens with one attached hydrogen (secondary N) is 2. The number of amides is 1. The fourth-order valence-corrected chi connectivity index (χ4v) is 2.45. The van der Waals surface area contributed by atoms with Gasteiger partial charge in [0.2, 0.25) is 5.91 Å².